The van der Waals surface area contributed by atoms with Crippen molar-refractivity contribution in [2.75, 3.05) is 13.7 Å². The highest BCUT2D eigenvalue weighted by Crippen LogP contribution is 1.98. The van der Waals surface area contributed by atoms with Gasteiger partial charge in [-0.1, -0.05) is 6.92 Å². The van der Waals surface area contributed by atoms with Gasteiger partial charge in [-0.15, -0.1) is 12.3 Å². The summed E-state index contributed by atoms with van der Waals surface area (Å²) >= 11 is 0. The van der Waals surface area contributed by atoms with E-state index in [-0.39, 0.29) is 11.9 Å². The van der Waals surface area contributed by atoms with Gasteiger partial charge in [0.05, 0.1) is 6.04 Å². The number of ether oxygens (including phenoxy) is 1. The molecule has 2 atom stereocenters. The molecule has 2 unspecified atom stereocenters. The molecular weight excluding hydrogens is 192 g/mol. The largest absolute Gasteiger partial charge is 0.385 e. The molecule has 3 N–H and O–H groups in total. The van der Waals surface area contributed by atoms with Crippen molar-refractivity contribution in [3.05, 3.63) is 0 Å². The van der Waals surface area contributed by atoms with Gasteiger partial charge >= 0.3 is 0 Å². The number of rotatable bonds is 7. The van der Waals surface area contributed by atoms with Crippen molar-refractivity contribution in [3.8, 4) is 12.3 Å². The molecule has 0 aliphatic rings. The summed E-state index contributed by atoms with van der Waals surface area (Å²) in [6.45, 7) is 2.46. The van der Waals surface area contributed by atoms with E-state index in [0.29, 0.717) is 19.4 Å². The highest BCUT2D eigenvalue weighted by atomic mass is 16.5. The van der Waals surface area contributed by atoms with Crippen molar-refractivity contribution < 1.29 is 9.53 Å². The van der Waals surface area contributed by atoms with E-state index in [1.807, 2.05) is 6.92 Å². The molecule has 86 valence electrons. The van der Waals surface area contributed by atoms with Gasteiger partial charge in [0, 0.05) is 26.2 Å². The molecule has 0 saturated carbocycles. The molecule has 4 heteroatoms. The van der Waals surface area contributed by atoms with Gasteiger partial charge in [-0.05, 0) is 12.8 Å². The van der Waals surface area contributed by atoms with Crippen molar-refractivity contribution in [1.82, 2.24) is 5.32 Å². The standard InChI is InChI=1S/C11H20N2O2/c1-4-6-9(5-2)13-11(14)10(12)7-8-15-3/h1,9-10H,5-8,12H2,2-3H3,(H,13,14). The third-order valence-electron chi connectivity index (χ3n) is 2.17. The van der Waals surface area contributed by atoms with Gasteiger partial charge in [0.2, 0.25) is 5.91 Å². The predicted molar refractivity (Wildman–Crippen MR) is 60.1 cm³/mol. The van der Waals surface area contributed by atoms with Gasteiger partial charge in [0.25, 0.3) is 0 Å². The molecule has 0 aliphatic heterocycles. The normalized spacial score (nSPS) is 14.0. The van der Waals surface area contributed by atoms with Crippen LogP contribution in [0, 0.1) is 12.3 Å². The van der Waals surface area contributed by atoms with Crippen molar-refractivity contribution >= 4 is 5.91 Å². The number of nitrogens with two attached hydrogens (primary N) is 1. The Hall–Kier alpha value is -1.05. The van der Waals surface area contributed by atoms with E-state index in [2.05, 4.69) is 11.2 Å². The first kappa shape index (κ1) is 13.9. The summed E-state index contributed by atoms with van der Waals surface area (Å²) in [5.41, 5.74) is 5.66. The molecule has 15 heavy (non-hydrogen) atoms. The summed E-state index contributed by atoms with van der Waals surface area (Å²) in [5.74, 6) is 2.37. The molecule has 0 saturated heterocycles. The molecule has 0 radical (unpaired) electrons. The molecule has 4 nitrogen and oxygen atoms in total. The van der Waals surface area contributed by atoms with Crippen LogP contribution >= 0.6 is 0 Å². The third-order valence-corrected chi connectivity index (χ3v) is 2.17. The lowest BCUT2D eigenvalue weighted by Gasteiger charge is -2.17. The topological polar surface area (TPSA) is 64.4 Å². The summed E-state index contributed by atoms with van der Waals surface area (Å²) in [4.78, 5) is 11.5. The highest BCUT2D eigenvalue weighted by Gasteiger charge is 2.15. The quantitative estimate of drug-likeness (QED) is 0.595. The van der Waals surface area contributed by atoms with Crippen molar-refractivity contribution in [2.24, 2.45) is 5.73 Å². The van der Waals surface area contributed by atoms with Crippen molar-refractivity contribution in [3.63, 3.8) is 0 Å². The SMILES string of the molecule is C#CCC(CC)NC(=O)C(N)CCOC. The van der Waals surface area contributed by atoms with Crippen LogP contribution in [0.1, 0.15) is 26.2 Å². The zero-order valence-electron chi connectivity index (χ0n) is 9.45. The third kappa shape index (κ3) is 6.10. The van der Waals surface area contributed by atoms with Gasteiger partial charge in [-0.3, -0.25) is 4.79 Å². The summed E-state index contributed by atoms with van der Waals surface area (Å²) in [6, 6.07) is -0.493. The first-order valence-corrected chi connectivity index (χ1v) is 5.14. The first-order valence-electron chi connectivity index (χ1n) is 5.14. The number of carbonyl (C=O) groups excluding carboxylic acids is 1. The number of terminal acetylenes is 1. The van der Waals surface area contributed by atoms with E-state index in [4.69, 9.17) is 16.9 Å². The number of methoxy groups -OCH3 is 1. The van der Waals surface area contributed by atoms with Gasteiger partial charge in [0.1, 0.15) is 0 Å². The second kappa shape index (κ2) is 8.27. The molecule has 0 aromatic heterocycles. The van der Waals surface area contributed by atoms with Crippen LogP contribution in [0.15, 0.2) is 0 Å². The van der Waals surface area contributed by atoms with Gasteiger partial charge in [-0.25, -0.2) is 0 Å². The lowest BCUT2D eigenvalue weighted by Crippen LogP contribution is -2.45. The zero-order chi connectivity index (χ0) is 11.7. The van der Waals surface area contributed by atoms with Crippen LogP contribution in [0.25, 0.3) is 0 Å². The number of hydrogen-bond acceptors (Lipinski definition) is 3. The van der Waals surface area contributed by atoms with Crippen LogP contribution in [0.5, 0.6) is 0 Å². The van der Waals surface area contributed by atoms with Crippen molar-refractivity contribution in [1.29, 1.82) is 0 Å². The van der Waals surface area contributed by atoms with Gasteiger partial charge < -0.3 is 15.8 Å². The summed E-state index contributed by atoms with van der Waals surface area (Å²) in [7, 11) is 1.58. The average molecular weight is 212 g/mol. The van der Waals surface area contributed by atoms with Crippen LogP contribution < -0.4 is 11.1 Å². The van der Waals surface area contributed by atoms with Crippen molar-refractivity contribution in [2.45, 2.75) is 38.3 Å². The maximum atomic E-state index is 11.5. The van der Waals surface area contributed by atoms with Crippen LogP contribution in [0.4, 0.5) is 0 Å². The Morgan fingerprint density at radius 2 is 2.33 bits per heavy atom. The van der Waals surface area contributed by atoms with E-state index in [1.54, 1.807) is 7.11 Å². The molecule has 0 spiro atoms. The molecule has 0 aliphatic carbocycles. The number of hydrogen-bond donors (Lipinski definition) is 2. The average Bonchev–Trinajstić information content (AvgIpc) is 2.24. The Morgan fingerprint density at radius 3 is 2.80 bits per heavy atom. The Bertz CT molecular complexity index is 223. The first-order chi connectivity index (χ1) is 7.15. The maximum Gasteiger partial charge on any atom is 0.237 e. The number of carbonyl (C=O) groups is 1. The molecule has 1 amide bonds. The molecule has 0 aromatic carbocycles. The fourth-order valence-electron chi connectivity index (χ4n) is 1.12. The van der Waals surface area contributed by atoms with Crippen LogP contribution in [-0.4, -0.2) is 31.7 Å². The van der Waals surface area contributed by atoms with Gasteiger partial charge in [-0.2, -0.15) is 0 Å². The second-order valence-corrected chi connectivity index (χ2v) is 3.41. The van der Waals surface area contributed by atoms with E-state index in [1.165, 1.54) is 0 Å². The van der Waals surface area contributed by atoms with Crippen LogP contribution in [0.2, 0.25) is 0 Å². The van der Waals surface area contributed by atoms with Crippen LogP contribution in [0.3, 0.4) is 0 Å². The molecule has 0 heterocycles. The summed E-state index contributed by atoms with van der Waals surface area (Å²) in [6.07, 6.45) is 7.06. The Labute approximate surface area is 91.6 Å². The monoisotopic (exact) mass is 212 g/mol. The van der Waals surface area contributed by atoms with E-state index >= 15 is 0 Å². The maximum absolute atomic E-state index is 11.5. The second-order valence-electron chi connectivity index (χ2n) is 3.41. The molecule has 0 aromatic rings. The fraction of sp³-hybridized carbons (Fsp3) is 0.727. The minimum Gasteiger partial charge on any atom is -0.385 e. The molecule has 0 bridgehead atoms. The lowest BCUT2D eigenvalue weighted by atomic mass is 10.1. The number of nitrogens with one attached hydrogen (secondary N) is 1. The summed E-state index contributed by atoms with van der Waals surface area (Å²) < 4.78 is 4.85. The van der Waals surface area contributed by atoms with E-state index < -0.39 is 6.04 Å². The van der Waals surface area contributed by atoms with Gasteiger partial charge in [0.15, 0.2) is 0 Å². The highest BCUT2D eigenvalue weighted by molar-refractivity contribution is 5.81. The molecule has 0 fully saturated rings. The fourth-order valence-corrected chi connectivity index (χ4v) is 1.12. The molecular formula is C11H20N2O2. The zero-order valence-corrected chi connectivity index (χ0v) is 9.45. The summed E-state index contributed by atoms with van der Waals surface area (Å²) in [5, 5.41) is 2.81. The van der Waals surface area contributed by atoms with Crippen LogP contribution in [-0.2, 0) is 9.53 Å². The smallest absolute Gasteiger partial charge is 0.237 e. The minimum absolute atomic E-state index is 0.0242. The minimum atomic E-state index is -0.517. The Kier molecular flexibility index (Phi) is 7.69. The van der Waals surface area contributed by atoms with E-state index in [9.17, 15) is 4.79 Å². The van der Waals surface area contributed by atoms with E-state index in [0.717, 1.165) is 6.42 Å². The Balaban J connectivity index is 3.93. The molecule has 0 rings (SSSR count). The predicted octanol–water partition coefficient (Wildman–Crippen LogP) is 0.268. The lowest BCUT2D eigenvalue weighted by molar-refractivity contribution is -0.123. The Morgan fingerprint density at radius 1 is 1.67 bits per heavy atom. The number of amides is 1.